The van der Waals surface area contributed by atoms with E-state index in [2.05, 4.69) is 43.5 Å². The van der Waals surface area contributed by atoms with E-state index in [4.69, 9.17) is 9.47 Å². The first-order valence-corrected chi connectivity index (χ1v) is 30.0. The molecule has 9 nitrogen and oxygen atoms in total. The van der Waals surface area contributed by atoms with Gasteiger partial charge in [-0.3, -0.25) is 4.79 Å². The molecule has 1 aliphatic heterocycles. The standard InChI is InChI=1S/C60H115NO8/c1-3-5-7-9-11-13-14-15-16-17-18-19-20-21-22-23-24-25-26-27-28-29-30-31-32-33-34-35-36-37-38-39-40-42-44-46-48-50-56(64)61-53(54(63)49-47-45-43-41-12-10-8-6-4-2)52-68-60-59(67)58(66)57(65)55(51-62)69-60/h14-15,17-18,53-55,57-60,62-63,65-67H,3-13,16,19-52H2,1-2H3,(H,61,64)/b15-14-,18-17-. The predicted octanol–water partition coefficient (Wildman–Crippen LogP) is 15.0. The van der Waals surface area contributed by atoms with Gasteiger partial charge in [0.15, 0.2) is 6.29 Å². The molecule has 0 radical (unpaired) electrons. The fraction of sp³-hybridized carbons (Fsp3) is 0.917. The van der Waals surface area contributed by atoms with Crippen molar-refractivity contribution in [3.8, 4) is 0 Å². The summed E-state index contributed by atoms with van der Waals surface area (Å²) in [5, 5.41) is 54.4. The Balaban J connectivity index is 1.99. The van der Waals surface area contributed by atoms with Crippen molar-refractivity contribution in [2.24, 2.45) is 0 Å². The van der Waals surface area contributed by atoms with E-state index in [9.17, 15) is 30.3 Å². The van der Waals surface area contributed by atoms with Crippen molar-refractivity contribution in [2.45, 2.75) is 339 Å². The summed E-state index contributed by atoms with van der Waals surface area (Å²) in [7, 11) is 0. The second kappa shape index (κ2) is 50.2. The average molecular weight is 979 g/mol. The maximum absolute atomic E-state index is 13.0. The lowest BCUT2D eigenvalue weighted by Crippen LogP contribution is -2.60. The summed E-state index contributed by atoms with van der Waals surface area (Å²) in [6, 6.07) is -0.713. The third-order valence-corrected chi connectivity index (χ3v) is 14.6. The van der Waals surface area contributed by atoms with Crippen LogP contribution in [0.2, 0.25) is 0 Å². The van der Waals surface area contributed by atoms with Gasteiger partial charge in [-0.05, 0) is 44.9 Å². The smallest absolute Gasteiger partial charge is 0.220 e. The summed E-state index contributed by atoms with van der Waals surface area (Å²) in [4.78, 5) is 13.0. The number of aliphatic hydroxyl groups is 5. The number of amides is 1. The van der Waals surface area contributed by atoms with Crippen LogP contribution in [0.25, 0.3) is 0 Å². The highest BCUT2D eigenvalue weighted by atomic mass is 16.7. The SMILES string of the molecule is CCCCCCC/C=C\C/C=C\CCCCCCCCCCCCCCCCCCCCCCCCCCCC(=O)NC(COC1OC(CO)C(O)C(O)C1O)C(O)CCCCCCCCCCC. The number of nitrogens with one attached hydrogen (secondary N) is 1. The lowest BCUT2D eigenvalue weighted by Gasteiger charge is -2.40. The second-order valence-electron chi connectivity index (χ2n) is 21.1. The first kappa shape index (κ1) is 65.7. The van der Waals surface area contributed by atoms with Crippen LogP contribution in [0.15, 0.2) is 24.3 Å². The van der Waals surface area contributed by atoms with Gasteiger partial charge in [-0.1, -0.05) is 269 Å². The van der Waals surface area contributed by atoms with Gasteiger partial charge in [0, 0.05) is 6.42 Å². The molecule has 1 saturated heterocycles. The first-order valence-electron chi connectivity index (χ1n) is 30.0. The summed E-state index contributed by atoms with van der Waals surface area (Å²) in [5.74, 6) is -0.141. The molecule has 0 saturated carbocycles. The summed E-state index contributed by atoms with van der Waals surface area (Å²) in [6.45, 7) is 3.82. The maximum Gasteiger partial charge on any atom is 0.220 e. The van der Waals surface area contributed by atoms with Gasteiger partial charge < -0.3 is 40.3 Å². The zero-order valence-corrected chi connectivity index (χ0v) is 45.3. The van der Waals surface area contributed by atoms with Gasteiger partial charge in [-0.15, -0.1) is 0 Å². The molecule has 9 heteroatoms. The van der Waals surface area contributed by atoms with Crippen molar-refractivity contribution in [2.75, 3.05) is 13.2 Å². The Hall–Kier alpha value is -1.33. The van der Waals surface area contributed by atoms with Gasteiger partial charge in [0.25, 0.3) is 0 Å². The van der Waals surface area contributed by atoms with Crippen LogP contribution in [0, 0.1) is 0 Å². The summed E-state index contributed by atoms with van der Waals surface area (Å²) in [6.07, 6.45) is 56.9. The lowest BCUT2D eigenvalue weighted by molar-refractivity contribution is -0.302. The number of carbonyl (C=O) groups excluding carboxylic acids is 1. The monoisotopic (exact) mass is 978 g/mol. The number of ether oxygens (including phenoxy) is 2. The van der Waals surface area contributed by atoms with E-state index in [1.165, 1.54) is 225 Å². The zero-order valence-electron chi connectivity index (χ0n) is 45.3. The minimum Gasteiger partial charge on any atom is -0.394 e. The molecule has 0 aliphatic carbocycles. The number of aliphatic hydroxyl groups excluding tert-OH is 5. The van der Waals surface area contributed by atoms with E-state index in [-0.39, 0.29) is 12.5 Å². The molecule has 1 rings (SSSR count). The molecule has 1 amide bonds. The Labute approximate surface area is 426 Å². The van der Waals surface area contributed by atoms with Crippen LogP contribution in [0.4, 0.5) is 0 Å². The molecule has 7 unspecified atom stereocenters. The van der Waals surface area contributed by atoms with Gasteiger partial charge in [0.05, 0.1) is 25.4 Å². The lowest BCUT2D eigenvalue weighted by atomic mass is 9.99. The van der Waals surface area contributed by atoms with E-state index in [0.29, 0.717) is 12.8 Å². The number of carbonyl (C=O) groups is 1. The summed E-state index contributed by atoms with van der Waals surface area (Å²) in [5.41, 5.74) is 0. The highest BCUT2D eigenvalue weighted by Gasteiger charge is 2.44. The molecule has 6 N–H and O–H groups in total. The number of hydrogen-bond acceptors (Lipinski definition) is 8. The summed E-state index contributed by atoms with van der Waals surface area (Å²) < 4.78 is 11.3. The summed E-state index contributed by atoms with van der Waals surface area (Å²) >= 11 is 0. The predicted molar refractivity (Wildman–Crippen MR) is 290 cm³/mol. The molecule has 0 aromatic rings. The normalized spacial score (nSPS) is 19.6. The number of hydrogen-bond donors (Lipinski definition) is 6. The Morgan fingerprint density at radius 3 is 1.25 bits per heavy atom. The average Bonchev–Trinajstić information content (AvgIpc) is 3.35. The Morgan fingerprint density at radius 1 is 0.493 bits per heavy atom. The molecule has 0 spiro atoms. The van der Waals surface area contributed by atoms with Crippen LogP contribution in [0.1, 0.15) is 296 Å². The highest BCUT2D eigenvalue weighted by molar-refractivity contribution is 5.76. The van der Waals surface area contributed by atoms with Crippen molar-refractivity contribution in [3.63, 3.8) is 0 Å². The third kappa shape index (κ3) is 39.8. The van der Waals surface area contributed by atoms with Crippen molar-refractivity contribution < 1.29 is 39.8 Å². The molecule has 1 fully saturated rings. The van der Waals surface area contributed by atoms with Gasteiger partial charge in [0.1, 0.15) is 24.4 Å². The first-order chi connectivity index (χ1) is 33.8. The van der Waals surface area contributed by atoms with Gasteiger partial charge in [-0.25, -0.2) is 0 Å². The molecular formula is C60H115NO8. The molecule has 0 bridgehead atoms. The van der Waals surface area contributed by atoms with Gasteiger partial charge >= 0.3 is 0 Å². The van der Waals surface area contributed by atoms with Gasteiger partial charge in [0.2, 0.25) is 5.91 Å². The molecule has 1 aliphatic rings. The van der Waals surface area contributed by atoms with E-state index < -0.39 is 49.5 Å². The van der Waals surface area contributed by atoms with Crippen LogP contribution < -0.4 is 5.32 Å². The molecule has 0 aromatic heterocycles. The molecule has 7 atom stereocenters. The largest absolute Gasteiger partial charge is 0.394 e. The fourth-order valence-electron chi connectivity index (χ4n) is 9.78. The van der Waals surface area contributed by atoms with Crippen LogP contribution in [-0.4, -0.2) is 87.5 Å². The van der Waals surface area contributed by atoms with E-state index in [0.717, 1.165) is 44.9 Å². The van der Waals surface area contributed by atoms with Crippen molar-refractivity contribution in [1.82, 2.24) is 5.32 Å². The molecule has 69 heavy (non-hydrogen) atoms. The third-order valence-electron chi connectivity index (χ3n) is 14.6. The Morgan fingerprint density at radius 2 is 0.855 bits per heavy atom. The second-order valence-corrected chi connectivity index (χ2v) is 21.1. The highest BCUT2D eigenvalue weighted by Crippen LogP contribution is 2.23. The topological polar surface area (TPSA) is 149 Å². The molecule has 1 heterocycles. The zero-order chi connectivity index (χ0) is 50.1. The van der Waals surface area contributed by atoms with Crippen molar-refractivity contribution in [1.29, 1.82) is 0 Å². The molecule has 0 aromatic carbocycles. The van der Waals surface area contributed by atoms with Gasteiger partial charge in [-0.2, -0.15) is 0 Å². The Bertz CT molecular complexity index is 1130. The van der Waals surface area contributed by atoms with Crippen LogP contribution >= 0.6 is 0 Å². The molecule has 408 valence electrons. The van der Waals surface area contributed by atoms with Crippen molar-refractivity contribution >= 4 is 5.91 Å². The van der Waals surface area contributed by atoms with Crippen LogP contribution in [-0.2, 0) is 14.3 Å². The minimum absolute atomic E-state index is 0.134. The maximum atomic E-state index is 13.0. The van der Waals surface area contributed by atoms with E-state index in [1.54, 1.807) is 0 Å². The quantitative estimate of drug-likeness (QED) is 0.0261. The number of allylic oxidation sites excluding steroid dienone is 4. The Kier molecular flexibility index (Phi) is 47.8. The minimum atomic E-state index is -1.55. The van der Waals surface area contributed by atoms with E-state index in [1.807, 2.05) is 0 Å². The van der Waals surface area contributed by atoms with Crippen LogP contribution in [0.3, 0.4) is 0 Å². The van der Waals surface area contributed by atoms with Crippen LogP contribution in [0.5, 0.6) is 0 Å². The van der Waals surface area contributed by atoms with Crippen molar-refractivity contribution in [3.05, 3.63) is 24.3 Å². The number of rotatable bonds is 52. The number of unbranched alkanes of at least 4 members (excludes halogenated alkanes) is 38. The fourth-order valence-corrected chi connectivity index (χ4v) is 9.78. The molecular weight excluding hydrogens is 863 g/mol. The van der Waals surface area contributed by atoms with E-state index >= 15 is 0 Å².